The highest BCUT2D eigenvalue weighted by molar-refractivity contribution is 7.99. The minimum absolute atomic E-state index is 0.124. The highest BCUT2D eigenvalue weighted by Gasteiger charge is 2.13. The highest BCUT2D eigenvalue weighted by atomic mass is 35.5. The molecule has 1 N–H and O–H groups in total. The van der Waals surface area contributed by atoms with Gasteiger partial charge < -0.3 is 14.6 Å². The van der Waals surface area contributed by atoms with Crippen LogP contribution < -0.4 is 5.32 Å². The second kappa shape index (κ2) is 8.77. The summed E-state index contributed by atoms with van der Waals surface area (Å²) in [5, 5.41) is 4.79. The topological polar surface area (TPSA) is 56.1 Å². The van der Waals surface area contributed by atoms with Crippen molar-refractivity contribution in [1.82, 2.24) is 9.55 Å². The number of imidazole rings is 1. The fourth-order valence-electron chi connectivity index (χ4n) is 2.48. The summed E-state index contributed by atoms with van der Waals surface area (Å²) in [5.41, 5.74) is 2.43. The maximum Gasteiger partial charge on any atom is 0.234 e. The normalized spacial score (nSPS) is 11.0. The lowest BCUT2D eigenvalue weighted by atomic mass is 10.3. The van der Waals surface area contributed by atoms with Crippen LogP contribution in [0.3, 0.4) is 0 Å². The first-order valence-electron chi connectivity index (χ1n) is 7.90. The van der Waals surface area contributed by atoms with Crippen molar-refractivity contribution in [3.8, 4) is 0 Å². The predicted molar refractivity (Wildman–Crippen MR) is 107 cm³/mol. The molecule has 0 radical (unpaired) electrons. The average molecular weight is 410 g/mol. The van der Waals surface area contributed by atoms with Gasteiger partial charge in [0.2, 0.25) is 5.91 Å². The molecule has 1 aromatic heterocycles. The first kappa shape index (κ1) is 19.0. The zero-order valence-corrected chi connectivity index (χ0v) is 16.4. The number of amides is 1. The van der Waals surface area contributed by atoms with E-state index in [1.807, 2.05) is 22.8 Å². The van der Waals surface area contributed by atoms with Crippen molar-refractivity contribution >= 4 is 57.6 Å². The van der Waals surface area contributed by atoms with Gasteiger partial charge in [0.25, 0.3) is 0 Å². The van der Waals surface area contributed by atoms with Gasteiger partial charge in [-0.05, 0) is 36.4 Å². The molecule has 3 aromatic rings. The molecule has 0 aliphatic heterocycles. The molecule has 26 heavy (non-hydrogen) atoms. The van der Waals surface area contributed by atoms with Crippen LogP contribution in [0, 0.1) is 0 Å². The Morgan fingerprint density at radius 2 is 2.04 bits per heavy atom. The van der Waals surface area contributed by atoms with Crippen molar-refractivity contribution in [2.45, 2.75) is 11.7 Å². The van der Waals surface area contributed by atoms with Crippen molar-refractivity contribution in [1.29, 1.82) is 0 Å². The highest BCUT2D eigenvalue weighted by Crippen LogP contribution is 2.26. The Labute approximate surface area is 165 Å². The van der Waals surface area contributed by atoms with E-state index in [0.717, 1.165) is 16.2 Å². The average Bonchev–Trinajstić information content (AvgIpc) is 2.94. The molecule has 0 spiro atoms. The summed E-state index contributed by atoms with van der Waals surface area (Å²) in [4.78, 5) is 16.8. The third-order valence-corrected chi connectivity index (χ3v) is 5.08. The van der Waals surface area contributed by atoms with Gasteiger partial charge in [0, 0.05) is 29.4 Å². The summed E-state index contributed by atoms with van der Waals surface area (Å²) in [6, 6.07) is 12.6. The smallest absolute Gasteiger partial charge is 0.234 e. The molecule has 2 aromatic carbocycles. The third-order valence-electron chi connectivity index (χ3n) is 3.64. The van der Waals surface area contributed by atoms with E-state index >= 15 is 0 Å². The number of hydrogen-bond donors (Lipinski definition) is 1. The van der Waals surface area contributed by atoms with Crippen molar-refractivity contribution in [3.05, 3.63) is 52.5 Å². The quantitative estimate of drug-likeness (QED) is 0.573. The van der Waals surface area contributed by atoms with Crippen molar-refractivity contribution < 1.29 is 9.53 Å². The predicted octanol–water partition coefficient (Wildman–Crippen LogP) is 4.72. The molecular formula is C18H17Cl2N3O2S. The van der Waals surface area contributed by atoms with E-state index in [0.29, 0.717) is 28.9 Å². The van der Waals surface area contributed by atoms with Crippen LogP contribution >= 0.6 is 35.0 Å². The Balaban J connectivity index is 1.73. The number of nitrogens with zero attached hydrogens (tertiary/aromatic N) is 2. The Morgan fingerprint density at radius 1 is 1.23 bits per heavy atom. The molecule has 0 saturated heterocycles. The molecule has 0 fully saturated rings. The lowest BCUT2D eigenvalue weighted by Crippen LogP contribution is -2.15. The van der Waals surface area contributed by atoms with Crippen molar-refractivity contribution in [2.24, 2.45) is 0 Å². The fraction of sp³-hybridized carbons (Fsp3) is 0.222. The van der Waals surface area contributed by atoms with Gasteiger partial charge in [0.15, 0.2) is 5.16 Å². The number of carbonyl (C=O) groups is 1. The van der Waals surface area contributed by atoms with Gasteiger partial charge >= 0.3 is 0 Å². The molecule has 1 heterocycles. The van der Waals surface area contributed by atoms with Gasteiger partial charge in [-0.1, -0.05) is 41.0 Å². The fourth-order valence-corrected chi connectivity index (χ4v) is 3.68. The maximum atomic E-state index is 12.2. The van der Waals surface area contributed by atoms with Crippen LogP contribution in [-0.4, -0.2) is 34.9 Å². The zero-order valence-electron chi connectivity index (χ0n) is 14.0. The van der Waals surface area contributed by atoms with E-state index in [-0.39, 0.29) is 11.7 Å². The summed E-state index contributed by atoms with van der Waals surface area (Å²) < 4.78 is 7.22. The molecule has 0 aliphatic carbocycles. The summed E-state index contributed by atoms with van der Waals surface area (Å²) >= 11 is 13.4. The number of methoxy groups -OCH3 is 1. The summed E-state index contributed by atoms with van der Waals surface area (Å²) in [6.07, 6.45) is 0. The van der Waals surface area contributed by atoms with E-state index in [9.17, 15) is 4.79 Å². The minimum Gasteiger partial charge on any atom is -0.383 e. The van der Waals surface area contributed by atoms with E-state index in [4.69, 9.17) is 27.9 Å². The molecule has 1 amide bonds. The number of nitrogens with one attached hydrogen (secondary N) is 1. The number of benzene rings is 2. The Morgan fingerprint density at radius 3 is 2.81 bits per heavy atom. The number of halogens is 2. The van der Waals surface area contributed by atoms with Crippen LogP contribution in [0.4, 0.5) is 5.69 Å². The van der Waals surface area contributed by atoms with Crippen molar-refractivity contribution in [3.63, 3.8) is 0 Å². The first-order valence-corrected chi connectivity index (χ1v) is 9.64. The van der Waals surface area contributed by atoms with Crippen LogP contribution in [0.25, 0.3) is 11.0 Å². The number of ether oxygens (including phenoxy) is 1. The molecule has 0 unspecified atom stereocenters. The largest absolute Gasteiger partial charge is 0.383 e. The monoisotopic (exact) mass is 409 g/mol. The Kier molecular flexibility index (Phi) is 6.43. The molecule has 0 saturated carbocycles. The van der Waals surface area contributed by atoms with Gasteiger partial charge in [0.05, 0.1) is 23.4 Å². The maximum absolute atomic E-state index is 12.2. The van der Waals surface area contributed by atoms with Crippen molar-refractivity contribution in [2.75, 3.05) is 24.8 Å². The number of fused-ring (bicyclic) bond motifs is 1. The Bertz CT molecular complexity index is 930. The van der Waals surface area contributed by atoms with Crippen LogP contribution in [0.5, 0.6) is 0 Å². The zero-order chi connectivity index (χ0) is 18.5. The van der Waals surface area contributed by atoms with E-state index < -0.39 is 0 Å². The number of anilines is 1. The number of carbonyl (C=O) groups excluding carboxylic acids is 1. The molecule has 5 nitrogen and oxygen atoms in total. The molecule has 0 bridgehead atoms. The van der Waals surface area contributed by atoms with Crippen LogP contribution in [0.2, 0.25) is 10.0 Å². The molecule has 0 aliphatic rings. The minimum atomic E-state index is -0.124. The summed E-state index contributed by atoms with van der Waals surface area (Å²) in [7, 11) is 1.65. The number of rotatable bonds is 7. The summed E-state index contributed by atoms with van der Waals surface area (Å²) in [5.74, 6) is 0.108. The molecular weight excluding hydrogens is 393 g/mol. The van der Waals surface area contributed by atoms with Gasteiger partial charge in [-0.15, -0.1) is 0 Å². The van der Waals surface area contributed by atoms with E-state index in [1.165, 1.54) is 11.8 Å². The van der Waals surface area contributed by atoms with Gasteiger partial charge in [-0.25, -0.2) is 4.98 Å². The number of thioether (sulfide) groups is 1. The Hall–Kier alpha value is -1.73. The first-order chi connectivity index (χ1) is 12.6. The molecule has 8 heteroatoms. The standard InChI is InChI=1S/C18H17Cl2N3O2S/c1-25-8-7-23-16-6-5-13(20)10-15(16)22-18(23)26-11-17(24)21-14-4-2-3-12(19)9-14/h2-6,9-10H,7-8,11H2,1H3,(H,21,24). The summed E-state index contributed by atoms with van der Waals surface area (Å²) in [6.45, 7) is 1.20. The van der Waals surface area contributed by atoms with E-state index in [2.05, 4.69) is 10.3 Å². The second-order valence-electron chi connectivity index (χ2n) is 5.52. The lowest BCUT2D eigenvalue weighted by molar-refractivity contribution is -0.113. The van der Waals surface area contributed by atoms with Gasteiger partial charge in [-0.2, -0.15) is 0 Å². The van der Waals surface area contributed by atoms with Crippen LogP contribution in [0.1, 0.15) is 0 Å². The number of aromatic nitrogens is 2. The lowest BCUT2D eigenvalue weighted by Gasteiger charge is -2.09. The molecule has 0 atom stereocenters. The number of hydrogen-bond acceptors (Lipinski definition) is 4. The molecule has 3 rings (SSSR count). The van der Waals surface area contributed by atoms with Crippen LogP contribution in [0.15, 0.2) is 47.6 Å². The second-order valence-corrected chi connectivity index (χ2v) is 7.33. The van der Waals surface area contributed by atoms with Gasteiger partial charge in [0.1, 0.15) is 0 Å². The third kappa shape index (κ3) is 4.71. The van der Waals surface area contributed by atoms with Gasteiger partial charge in [-0.3, -0.25) is 4.79 Å². The SMILES string of the molecule is COCCn1c(SCC(=O)Nc2cccc(Cl)c2)nc2cc(Cl)ccc21. The molecule has 136 valence electrons. The van der Waals surface area contributed by atoms with Crippen LogP contribution in [-0.2, 0) is 16.1 Å². The van der Waals surface area contributed by atoms with E-state index in [1.54, 1.807) is 31.4 Å².